The molecule has 0 saturated heterocycles. The zero-order valence-electron chi connectivity index (χ0n) is 8.17. The Morgan fingerprint density at radius 1 is 1.67 bits per heavy atom. The molecule has 2 aromatic heterocycles. The second-order valence-corrected chi connectivity index (χ2v) is 2.90. The summed E-state index contributed by atoms with van der Waals surface area (Å²) in [4.78, 5) is 15.4. The van der Waals surface area contributed by atoms with Crippen molar-refractivity contribution in [2.24, 2.45) is 0 Å². The number of nitrogens with zero attached hydrogens (tertiary/aromatic N) is 3. The van der Waals surface area contributed by atoms with Gasteiger partial charge >= 0.3 is 5.97 Å². The van der Waals surface area contributed by atoms with Gasteiger partial charge in [-0.2, -0.15) is 5.10 Å². The number of esters is 1. The first-order valence-corrected chi connectivity index (χ1v) is 4.49. The molecule has 0 fully saturated rings. The molecule has 2 heterocycles. The molecule has 74 valence electrons. The SMILES string of the molecule is [B]c1cnn2ccc(C(=O)OCC)nc12. The van der Waals surface area contributed by atoms with Crippen LogP contribution < -0.4 is 5.46 Å². The van der Waals surface area contributed by atoms with Gasteiger partial charge in [0, 0.05) is 12.4 Å². The van der Waals surface area contributed by atoms with Crippen LogP contribution in [0.2, 0.25) is 0 Å². The third-order valence-electron chi connectivity index (χ3n) is 1.88. The third-order valence-corrected chi connectivity index (χ3v) is 1.88. The molecule has 0 aliphatic heterocycles. The van der Waals surface area contributed by atoms with Crippen molar-refractivity contribution >= 4 is 24.9 Å². The lowest BCUT2D eigenvalue weighted by molar-refractivity contribution is 0.0519. The van der Waals surface area contributed by atoms with Gasteiger partial charge < -0.3 is 4.74 Å². The Kier molecular flexibility index (Phi) is 2.41. The number of rotatable bonds is 2. The zero-order chi connectivity index (χ0) is 10.8. The van der Waals surface area contributed by atoms with E-state index >= 15 is 0 Å². The van der Waals surface area contributed by atoms with Gasteiger partial charge in [-0.3, -0.25) is 0 Å². The van der Waals surface area contributed by atoms with E-state index in [9.17, 15) is 4.79 Å². The molecule has 0 N–H and O–H groups in total. The summed E-state index contributed by atoms with van der Waals surface area (Å²) in [6.45, 7) is 2.06. The Balaban J connectivity index is 2.45. The summed E-state index contributed by atoms with van der Waals surface area (Å²) in [6.07, 6.45) is 3.10. The van der Waals surface area contributed by atoms with Gasteiger partial charge in [-0.1, -0.05) is 0 Å². The minimum atomic E-state index is -0.458. The first-order chi connectivity index (χ1) is 7.22. The highest BCUT2D eigenvalue weighted by atomic mass is 16.5. The fourth-order valence-corrected chi connectivity index (χ4v) is 1.21. The molecule has 2 radical (unpaired) electrons. The summed E-state index contributed by atoms with van der Waals surface area (Å²) in [5, 5.41) is 3.94. The van der Waals surface area contributed by atoms with Crippen molar-refractivity contribution in [1.29, 1.82) is 0 Å². The summed E-state index contributed by atoms with van der Waals surface area (Å²) in [6, 6.07) is 1.54. The normalized spacial score (nSPS) is 10.5. The highest BCUT2D eigenvalue weighted by Crippen LogP contribution is 2.00. The highest BCUT2D eigenvalue weighted by molar-refractivity contribution is 6.36. The molecule has 0 aliphatic rings. The van der Waals surface area contributed by atoms with E-state index in [0.717, 1.165) is 0 Å². The summed E-state index contributed by atoms with van der Waals surface area (Å²) >= 11 is 0. The molecule has 6 heteroatoms. The van der Waals surface area contributed by atoms with Gasteiger partial charge in [-0.25, -0.2) is 14.3 Å². The number of aromatic nitrogens is 3. The molecule has 2 rings (SSSR count). The highest BCUT2D eigenvalue weighted by Gasteiger charge is 2.10. The second kappa shape index (κ2) is 3.72. The van der Waals surface area contributed by atoms with E-state index < -0.39 is 5.97 Å². The van der Waals surface area contributed by atoms with E-state index in [1.54, 1.807) is 13.1 Å². The number of carbonyl (C=O) groups is 1. The largest absolute Gasteiger partial charge is 0.461 e. The van der Waals surface area contributed by atoms with Crippen LogP contribution in [0.3, 0.4) is 0 Å². The zero-order valence-corrected chi connectivity index (χ0v) is 8.17. The van der Waals surface area contributed by atoms with E-state index in [2.05, 4.69) is 10.1 Å². The van der Waals surface area contributed by atoms with Crippen LogP contribution in [0.25, 0.3) is 5.65 Å². The molecule has 0 bridgehead atoms. The van der Waals surface area contributed by atoms with Crippen molar-refractivity contribution in [3.05, 3.63) is 24.2 Å². The third kappa shape index (κ3) is 1.70. The standard InChI is InChI=1S/C9H8BN3O2/c1-2-15-9(14)7-3-4-13-8(12-7)6(10)5-11-13/h3-5H,2H2,1H3. The van der Waals surface area contributed by atoms with Crippen molar-refractivity contribution in [2.45, 2.75) is 6.92 Å². The molecular weight excluding hydrogens is 193 g/mol. The number of ether oxygens (including phenoxy) is 1. The van der Waals surface area contributed by atoms with Gasteiger partial charge in [-0.05, 0) is 18.5 Å². The van der Waals surface area contributed by atoms with Crippen LogP contribution >= 0.6 is 0 Å². The molecule has 5 nitrogen and oxygen atoms in total. The molecule has 15 heavy (non-hydrogen) atoms. The van der Waals surface area contributed by atoms with Crippen LogP contribution in [0.4, 0.5) is 0 Å². The number of fused-ring (bicyclic) bond motifs is 1. The Morgan fingerprint density at radius 2 is 2.47 bits per heavy atom. The predicted molar refractivity (Wildman–Crippen MR) is 54.3 cm³/mol. The molecule has 0 spiro atoms. The van der Waals surface area contributed by atoms with Crippen molar-refractivity contribution in [3.63, 3.8) is 0 Å². The van der Waals surface area contributed by atoms with Crippen LogP contribution in [0.1, 0.15) is 17.4 Å². The van der Waals surface area contributed by atoms with Crippen molar-refractivity contribution in [1.82, 2.24) is 14.6 Å². The van der Waals surface area contributed by atoms with E-state index in [0.29, 0.717) is 17.7 Å². The number of carbonyl (C=O) groups excluding carboxylic acids is 1. The monoisotopic (exact) mass is 201 g/mol. The predicted octanol–water partition coefficient (Wildman–Crippen LogP) is -0.300. The quantitative estimate of drug-likeness (QED) is 0.494. The maximum absolute atomic E-state index is 11.4. The topological polar surface area (TPSA) is 56.5 Å². The van der Waals surface area contributed by atoms with Crippen LogP contribution in [0.5, 0.6) is 0 Å². The summed E-state index contributed by atoms with van der Waals surface area (Å²) in [5.74, 6) is -0.458. The van der Waals surface area contributed by atoms with Crippen molar-refractivity contribution < 1.29 is 9.53 Å². The van der Waals surface area contributed by atoms with Crippen LogP contribution in [-0.2, 0) is 4.74 Å². The van der Waals surface area contributed by atoms with Crippen LogP contribution in [0, 0.1) is 0 Å². The Hall–Kier alpha value is -1.85. The van der Waals surface area contributed by atoms with E-state index in [1.807, 2.05) is 0 Å². The first kappa shape index (κ1) is 9.70. The average molecular weight is 201 g/mol. The first-order valence-electron chi connectivity index (χ1n) is 4.49. The van der Waals surface area contributed by atoms with E-state index in [4.69, 9.17) is 12.6 Å². The summed E-state index contributed by atoms with van der Waals surface area (Å²) < 4.78 is 6.32. The van der Waals surface area contributed by atoms with Crippen molar-refractivity contribution in [3.8, 4) is 0 Å². The van der Waals surface area contributed by atoms with Gasteiger partial charge in [0.2, 0.25) is 0 Å². The average Bonchev–Trinajstić information content (AvgIpc) is 2.60. The molecule has 0 amide bonds. The fraction of sp³-hybridized carbons (Fsp3) is 0.222. The molecule has 0 unspecified atom stereocenters. The number of hydrogen-bond acceptors (Lipinski definition) is 4. The maximum atomic E-state index is 11.4. The molecule has 0 aliphatic carbocycles. The molecule has 0 atom stereocenters. The lowest BCUT2D eigenvalue weighted by Gasteiger charge is -2.01. The van der Waals surface area contributed by atoms with Gasteiger partial charge in [0.1, 0.15) is 13.5 Å². The minimum absolute atomic E-state index is 0.233. The summed E-state index contributed by atoms with van der Waals surface area (Å²) in [7, 11) is 5.62. The molecular formula is C9H8BN3O2. The van der Waals surface area contributed by atoms with Gasteiger partial charge in [0.15, 0.2) is 5.69 Å². The number of hydrogen-bond donors (Lipinski definition) is 0. The van der Waals surface area contributed by atoms with Crippen LogP contribution in [0.15, 0.2) is 18.5 Å². The van der Waals surface area contributed by atoms with E-state index in [-0.39, 0.29) is 5.69 Å². The molecule has 2 aromatic rings. The van der Waals surface area contributed by atoms with Gasteiger partial charge in [0.05, 0.1) is 6.61 Å². The smallest absolute Gasteiger partial charge is 0.357 e. The lowest BCUT2D eigenvalue weighted by atomic mass is 10.0. The second-order valence-electron chi connectivity index (χ2n) is 2.90. The van der Waals surface area contributed by atoms with Crippen LogP contribution in [-0.4, -0.2) is 35.0 Å². The lowest BCUT2D eigenvalue weighted by Crippen LogP contribution is -2.10. The molecule has 0 aromatic carbocycles. The minimum Gasteiger partial charge on any atom is -0.461 e. The Morgan fingerprint density at radius 3 is 3.20 bits per heavy atom. The van der Waals surface area contributed by atoms with Gasteiger partial charge in [0.25, 0.3) is 0 Å². The maximum Gasteiger partial charge on any atom is 0.357 e. The Bertz CT molecular complexity index is 509. The van der Waals surface area contributed by atoms with Crippen molar-refractivity contribution in [2.75, 3.05) is 6.61 Å². The van der Waals surface area contributed by atoms with E-state index in [1.165, 1.54) is 16.8 Å². The molecule has 0 saturated carbocycles. The van der Waals surface area contributed by atoms with Gasteiger partial charge in [-0.15, -0.1) is 0 Å². The Labute approximate surface area is 87.5 Å². The summed E-state index contributed by atoms with van der Waals surface area (Å²) in [5.41, 5.74) is 1.12. The fourth-order valence-electron chi connectivity index (χ4n) is 1.21.